The lowest BCUT2D eigenvalue weighted by molar-refractivity contribution is 0.227. The quantitative estimate of drug-likeness (QED) is 0.198. The lowest BCUT2D eigenvalue weighted by atomic mass is 9.65. The van der Waals surface area contributed by atoms with Crippen LogP contribution in [0.5, 0.6) is 0 Å². The SMILES string of the molecule is CC.CC.CC1(C)c2ccccc2C2c3ccccc3C(C)(C)C21.Cn1c2ccccc2c2ccccc21. The van der Waals surface area contributed by atoms with Crippen LogP contribution in [0.1, 0.15) is 83.6 Å². The van der Waals surface area contributed by atoms with Gasteiger partial charge in [0.2, 0.25) is 0 Å². The van der Waals surface area contributed by atoms with Crippen molar-refractivity contribution in [2.45, 2.75) is 72.1 Å². The van der Waals surface area contributed by atoms with Crippen LogP contribution in [0.25, 0.3) is 21.8 Å². The monoisotopic (exact) mass is 503 g/mol. The van der Waals surface area contributed by atoms with Gasteiger partial charge in [-0.15, -0.1) is 0 Å². The summed E-state index contributed by atoms with van der Waals surface area (Å²) in [5, 5.41) is 2.68. The van der Waals surface area contributed by atoms with Crippen LogP contribution < -0.4 is 0 Å². The van der Waals surface area contributed by atoms with E-state index in [1.165, 1.54) is 21.8 Å². The predicted octanol–water partition coefficient (Wildman–Crippen LogP) is 10.4. The van der Waals surface area contributed by atoms with E-state index in [0.29, 0.717) is 11.8 Å². The molecule has 1 heteroatoms. The predicted molar refractivity (Wildman–Crippen MR) is 167 cm³/mol. The summed E-state index contributed by atoms with van der Waals surface area (Å²) < 4.78 is 2.24. The van der Waals surface area contributed by atoms with Crippen molar-refractivity contribution in [1.29, 1.82) is 0 Å². The topological polar surface area (TPSA) is 4.93 Å². The molecule has 7 rings (SSSR count). The Labute approximate surface area is 230 Å². The van der Waals surface area contributed by atoms with Crippen molar-refractivity contribution in [2.75, 3.05) is 0 Å². The van der Waals surface area contributed by atoms with E-state index in [1.54, 1.807) is 22.3 Å². The highest BCUT2D eigenvalue weighted by molar-refractivity contribution is 6.07. The molecule has 0 spiro atoms. The molecule has 0 radical (unpaired) electrons. The van der Waals surface area contributed by atoms with Crippen molar-refractivity contribution < 1.29 is 0 Å². The molecule has 2 aliphatic carbocycles. The highest BCUT2D eigenvalue weighted by atomic mass is 14.9. The summed E-state index contributed by atoms with van der Waals surface area (Å²) >= 11 is 0. The molecule has 0 amide bonds. The minimum absolute atomic E-state index is 0.240. The zero-order chi connectivity index (χ0) is 27.7. The number of para-hydroxylation sites is 2. The van der Waals surface area contributed by atoms with Gasteiger partial charge >= 0.3 is 0 Å². The summed E-state index contributed by atoms with van der Waals surface area (Å²) in [5.74, 6) is 1.23. The molecule has 0 atom stereocenters. The number of benzene rings is 4. The molecule has 0 N–H and O–H groups in total. The largest absolute Gasteiger partial charge is 0.344 e. The first kappa shape index (κ1) is 27.7. The molecule has 4 aromatic carbocycles. The third-order valence-electron chi connectivity index (χ3n) is 8.69. The number of fused-ring (bicyclic) bond motifs is 8. The average molecular weight is 504 g/mol. The minimum atomic E-state index is 0.240. The van der Waals surface area contributed by atoms with E-state index in [-0.39, 0.29) is 10.8 Å². The van der Waals surface area contributed by atoms with Crippen LogP contribution in [-0.4, -0.2) is 4.57 Å². The van der Waals surface area contributed by atoms with Crippen LogP contribution in [0.4, 0.5) is 0 Å². The zero-order valence-corrected chi connectivity index (χ0v) is 24.8. The van der Waals surface area contributed by atoms with Gasteiger partial charge in [-0.05, 0) is 51.1 Å². The molecule has 0 saturated carbocycles. The summed E-state index contributed by atoms with van der Waals surface area (Å²) in [5.41, 5.74) is 9.30. The lowest BCUT2D eigenvalue weighted by Crippen LogP contribution is -2.37. The van der Waals surface area contributed by atoms with Crippen LogP contribution in [0.2, 0.25) is 0 Å². The molecular weight excluding hydrogens is 458 g/mol. The third kappa shape index (κ3) is 4.17. The van der Waals surface area contributed by atoms with Crippen molar-refractivity contribution in [3.8, 4) is 0 Å². The fourth-order valence-corrected chi connectivity index (χ4v) is 7.42. The van der Waals surface area contributed by atoms with Gasteiger partial charge in [0.05, 0.1) is 0 Å². The minimum Gasteiger partial charge on any atom is -0.344 e. The second-order valence-corrected chi connectivity index (χ2v) is 11.2. The van der Waals surface area contributed by atoms with Gasteiger partial charge in [-0.25, -0.2) is 0 Å². The molecule has 0 fully saturated rings. The first-order chi connectivity index (χ1) is 18.3. The number of aromatic nitrogens is 1. The van der Waals surface area contributed by atoms with Gasteiger partial charge in [-0.3, -0.25) is 0 Å². The van der Waals surface area contributed by atoms with Crippen LogP contribution in [0.15, 0.2) is 97.1 Å². The van der Waals surface area contributed by atoms with E-state index >= 15 is 0 Å². The molecule has 0 bridgehead atoms. The van der Waals surface area contributed by atoms with Gasteiger partial charge in [0.25, 0.3) is 0 Å². The van der Waals surface area contributed by atoms with Crippen LogP contribution in [0.3, 0.4) is 0 Å². The van der Waals surface area contributed by atoms with Crippen LogP contribution >= 0.6 is 0 Å². The Balaban J connectivity index is 0.000000164. The average Bonchev–Trinajstić information content (AvgIpc) is 3.50. The van der Waals surface area contributed by atoms with Gasteiger partial charge in [0.15, 0.2) is 0 Å². The summed E-state index contributed by atoms with van der Waals surface area (Å²) in [6.07, 6.45) is 0. The maximum Gasteiger partial charge on any atom is 0.0488 e. The molecule has 1 heterocycles. The summed E-state index contributed by atoms with van der Waals surface area (Å²) in [6.45, 7) is 17.7. The normalized spacial score (nSPS) is 19.1. The lowest BCUT2D eigenvalue weighted by Gasteiger charge is -2.38. The van der Waals surface area contributed by atoms with Crippen molar-refractivity contribution in [1.82, 2.24) is 4.57 Å². The highest BCUT2D eigenvalue weighted by Crippen LogP contribution is 2.64. The molecule has 1 nitrogen and oxygen atoms in total. The second-order valence-electron chi connectivity index (χ2n) is 11.2. The van der Waals surface area contributed by atoms with Crippen LogP contribution in [0, 0.1) is 5.92 Å². The van der Waals surface area contributed by atoms with E-state index in [2.05, 4.69) is 136 Å². The third-order valence-corrected chi connectivity index (χ3v) is 8.69. The van der Waals surface area contributed by atoms with Gasteiger partial charge in [-0.1, -0.05) is 140 Å². The Morgan fingerprint density at radius 3 is 1.26 bits per heavy atom. The smallest absolute Gasteiger partial charge is 0.0488 e. The number of nitrogens with zero attached hydrogens (tertiary/aromatic N) is 1. The van der Waals surface area contributed by atoms with E-state index in [0.717, 1.165) is 0 Å². The standard InChI is InChI=1S/C20H22.C13H11N.2C2H6/c1-19(2)15-11-7-5-9-13(15)17-14-10-6-8-12-16(14)20(3,4)18(17)19;1-14-12-8-4-2-6-10(12)11-7-3-5-9-13(11)14;2*1-2/h5-12,17-18H,1-4H3;2-9H,1H3;2*1-2H3. The van der Waals surface area contributed by atoms with E-state index < -0.39 is 0 Å². The van der Waals surface area contributed by atoms with Gasteiger partial charge < -0.3 is 4.57 Å². The molecule has 38 heavy (non-hydrogen) atoms. The highest BCUT2D eigenvalue weighted by Gasteiger charge is 2.58. The fraction of sp³-hybridized carbons (Fsp3) is 0.351. The second kappa shape index (κ2) is 10.8. The van der Waals surface area contributed by atoms with Crippen LogP contribution in [-0.2, 0) is 17.9 Å². The molecule has 0 aliphatic heterocycles. The summed E-state index contributed by atoms with van der Waals surface area (Å²) in [4.78, 5) is 0. The van der Waals surface area contributed by atoms with E-state index in [1.807, 2.05) is 27.7 Å². The molecule has 0 saturated heterocycles. The molecule has 1 aromatic heterocycles. The summed E-state index contributed by atoms with van der Waals surface area (Å²) in [6, 6.07) is 35.2. The Hall–Kier alpha value is -3.32. The van der Waals surface area contributed by atoms with E-state index in [9.17, 15) is 0 Å². The molecule has 2 aliphatic rings. The van der Waals surface area contributed by atoms with Gasteiger partial charge in [0, 0.05) is 34.8 Å². The first-order valence-corrected chi connectivity index (χ1v) is 14.4. The Kier molecular flexibility index (Phi) is 7.88. The molecule has 0 unspecified atom stereocenters. The Morgan fingerprint density at radius 1 is 0.500 bits per heavy atom. The summed E-state index contributed by atoms with van der Waals surface area (Å²) in [7, 11) is 2.12. The zero-order valence-electron chi connectivity index (χ0n) is 24.8. The maximum absolute atomic E-state index is 2.43. The number of hydrogen-bond donors (Lipinski definition) is 0. The Morgan fingerprint density at radius 2 is 0.842 bits per heavy atom. The van der Waals surface area contributed by atoms with Crippen molar-refractivity contribution in [3.05, 3.63) is 119 Å². The number of hydrogen-bond acceptors (Lipinski definition) is 0. The van der Waals surface area contributed by atoms with Crippen molar-refractivity contribution >= 4 is 21.8 Å². The van der Waals surface area contributed by atoms with Crippen molar-refractivity contribution in [3.63, 3.8) is 0 Å². The fourth-order valence-electron chi connectivity index (χ4n) is 7.42. The first-order valence-electron chi connectivity index (χ1n) is 14.4. The number of rotatable bonds is 0. The van der Waals surface area contributed by atoms with Gasteiger partial charge in [-0.2, -0.15) is 0 Å². The number of aryl methyl sites for hydroxylation is 1. The van der Waals surface area contributed by atoms with Gasteiger partial charge in [0.1, 0.15) is 0 Å². The van der Waals surface area contributed by atoms with E-state index in [4.69, 9.17) is 0 Å². The maximum atomic E-state index is 2.43. The molecule has 198 valence electrons. The Bertz CT molecular complexity index is 1420. The molecular formula is C37H45N. The molecule has 5 aromatic rings. The van der Waals surface area contributed by atoms with Crippen molar-refractivity contribution in [2.24, 2.45) is 13.0 Å².